The summed E-state index contributed by atoms with van der Waals surface area (Å²) >= 11 is 0. The Bertz CT molecular complexity index is 1330. The minimum absolute atomic E-state index is 0.0140. The predicted molar refractivity (Wildman–Crippen MR) is 170 cm³/mol. The summed E-state index contributed by atoms with van der Waals surface area (Å²) in [7, 11) is -3.04. The van der Waals surface area contributed by atoms with E-state index in [1.165, 1.54) is 18.4 Å². The largest absolute Gasteiger partial charge is 0.462 e. The van der Waals surface area contributed by atoms with Gasteiger partial charge in [0.2, 0.25) is 5.91 Å². The zero-order valence-corrected chi connectivity index (χ0v) is 29.1. The first-order valence-corrected chi connectivity index (χ1v) is 19.0. The molecule has 1 aliphatic heterocycles. The molecule has 1 amide bonds. The summed E-state index contributed by atoms with van der Waals surface area (Å²) in [6, 6.07) is 0. The number of hydrogen-bond acceptors (Lipinski definition) is 5. The summed E-state index contributed by atoms with van der Waals surface area (Å²) in [4.78, 5) is 28.5. The number of carbonyl (C=O) groups is 2. The van der Waals surface area contributed by atoms with E-state index in [1.54, 1.807) is 12.5 Å². The van der Waals surface area contributed by atoms with E-state index in [2.05, 4.69) is 48.5 Å². The molecule has 0 N–H and O–H groups in total. The number of fused-ring (bicyclic) bond motifs is 6. The molecule has 6 aliphatic rings. The SMILES string of the molecule is CC(=O)O[C@H]1CC[C@]2(C)[C@H]3CCC4=C5CC(C)(C)CC[C@]5(C(=O)N5CCS(=O)(=O)CC5)CC[C@@]4(C)[C@]3(C)CC[C@H]2C1(C)C. The topological polar surface area (TPSA) is 80.8 Å². The van der Waals surface area contributed by atoms with Crippen LogP contribution in [-0.4, -0.2) is 55.9 Å². The van der Waals surface area contributed by atoms with Gasteiger partial charge >= 0.3 is 5.97 Å². The van der Waals surface area contributed by atoms with Gasteiger partial charge in [-0.1, -0.05) is 59.6 Å². The van der Waals surface area contributed by atoms with Crippen LogP contribution in [0.5, 0.6) is 0 Å². The fourth-order valence-corrected chi connectivity index (χ4v) is 13.4. The van der Waals surface area contributed by atoms with Gasteiger partial charge in [-0.25, -0.2) is 8.42 Å². The molecule has 0 aromatic rings. The van der Waals surface area contributed by atoms with Crippen LogP contribution in [0.25, 0.3) is 0 Å². The zero-order chi connectivity index (χ0) is 31.4. The number of esters is 1. The molecule has 0 radical (unpaired) electrons. The van der Waals surface area contributed by atoms with E-state index in [0.717, 1.165) is 57.8 Å². The summed E-state index contributed by atoms with van der Waals surface area (Å²) < 4.78 is 30.4. The molecule has 5 aliphatic carbocycles. The van der Waals surface area contributed by atoms with Gasteiger partial charge in [0, 0.05) is 25.4 Å². The van der Waals surface area contributed by atoms with Gasteiger partial charge in [-0.15, -0.1) is 0 Å². The molecule has 0 aromatic heterocycles. The van der Waals surface area contributed by atoms with Crippen molar-refractivity contribution in [1.82, 2.24) is 4.90 Å². The lowest BCUT2D eigenvalue weighted by atomic mass is 9.34. The van der Waals surface area contributed by atoms with E-state index in [1.807, 2.05) is 4.90 Å². The van der Waals surface area contributed by atoms with Gasteiger partial charge in [-0.3, -0.25) is 9.59 Å². The molecule has 0 unspecified atom stereocenters. The molecule has 0 bridgehead atoms. The van der Waals surface area contributed by atoms with Crippen molar-refractivity contribution in [3.05, 3.63) is 11.1 Å². The van der Waals surface area contributed by atoms with Gasteiger partial charge in [-0.2, -0.15) is 0 Å². The highest BCUT2D eigenvalue weighted by molar-refractivity contribution is 7.91. The lowest BCUT2D eigenvalue weighted by molar-refractivity contribution is -0.213. The van der Waals surface area contributed by atoms with Crippen molar-refractivity contribution < 1.29 is 22.7 Å². The molecule has 5 fully saturated rings. The highest BCUT2D eigenvalue weighted by Gasteiger charge is 2.68. The summed E-state index contributed by atoms with van der Waals surface area (Å²) in [5.74, 6) is 1.36. The Balaban J connectivity index is 1.38. The van der Waals surface area contributed by atoms with Gasteiger partial charge in [0.15, 0.2) is 9.84 Å². The van der Waals surface area contributed by atoms with Gasteiger partial charge < -0.3 is 9.64 Å². The third-order valence-electron chi connectivity index (χ3n) is 14.8. The normalized spacial score (nSPS) is 44.7. The van der Waals surface area contributed by atoms with Crippen molar-refractivity contribution in [1.29, 1.82) is 0 Å². The fourth-order valence-electron chi connectivity index (χ4n) is 12.2. The smallest absolute Gasteiger partial charge is 0.302 e. The fraction of sp³-hybridized carbons (Fsp3) is 0.889. The van der Waals surface area contributed by atoms with Crippen molar-refractivity contribution in [2.75, 3.05) is 24.6 Å². The average Bonchev–Trinajstić information content (AvgIpc) is 2.90. The third kappa shape index (κ3) is 4.53. The molecule has 6 rings (SSSR count). The number of carbonyl (C=O) groups excluding carboxylic acids is 2. The van der Waals surface area contributed by atoms with Crippen LogP contribution >= 0.6 is 0 Å². The second kappa shape index (κ2) is 9.82. The average molecular weight is 616 g/mol. The lowest BCUT2D eigenvalue weighted by Gasteiger charge is -2.71. The maximum atomic E-state index is 14.6. The molecule has 242 valence electrons. The maximum absolute atomic E-state index is 14.6. The minimum atomic E-state index is -3.04. The Kier molecular flexibility index (Phi) is 7.21. The molecular formula is C36H57NO5S. The van der Waals surface area contributed by atoms with Crippen molar-refractivity contribution in [2.24, 2.45) is 44.3 Å². The first-order chi connectivity index (χ1) is 19.8. The minimum Gasteiger partial charge on any atom is -0.462 e. The zero-order valence-electron chi connectivity index (χ0n) is 28.2. The first kappa shape index (κ1) is 31.6. The molecule has 7 atom stereocenters. The van der Waals surface area contributed by atoms with Crippen LogP contribution < -0.4 is 0 Å². The van der Waals surface area contributed by atoms with Crippen molar-refractivity contribution >= 4 is 21.7 Å². The number of nitrogens with zero attached hydrogens (tertiary/aromatic N) is 1. The van der Waals surface area contributed by atoms with E-state index >= 15 is 0 Å². The quantitative estimate of drug-likeness (QED) is 0.244. The monoisotopic (exact) mass is 615 g/mol. The van der Waals surface area contributed by atoms with E-state index in [-0.39, 0.29) is 56.6 Å². The van der Waals surface area contributed by atoms with Crippen LogP contribution in [0, 0.1) is 44.3 Å². The summed E-state index contributed by atoms with van der Waals surface area (Å²) in [5, 5.41) is 0. The molecule has 1 saturated heterocycles. The number of allylic oxidation sites excluding steroid dienone is 1. The van der Waals surface area contributed by atoms with Gasteiger partial charge in [0.1, 0.15) is 6.10 Å². The summed E-state index contributed by atoms with van der Waals surface area (Å²) in [5.41, 5.74) is 3.10. The molecule has 4 saturated carbocycles. The highest BCUT2D eigenvalue weighted by Crippen LogP contribution is 2.75. The molecule has 7 heteroatoms. The van der Waals surface area contributed by atoms with Crippen LogP contribution in [0.3, 0.4) is 0 Å². The Morgan fingerprint density at radius 3 is 2.09 bits per heavy atom. The number of hydrogen-bond donors (Lipinski definition) is 0. The molecule has 0 spiro atoms. The Morgan fingerprint density at radius 2 is 1.44 bits per heavy atom. The highest BCUT2D eigenvalue weighted by atomic mass is 32.2. The third-order valence-corrected chi connectivity index (χ3v) is 16.4. The number of ether oxygens (including phenoxy) is 1. The lowest BCUT2D eigenvalue weighted by Crippen LogP contribution is -2.65. The van der Waals surface area contributed by atoms with Gasteiger partial charge in [0.05, 0.1) is 16.9 Å². The van der Waals surface area contributed by atoms with E-state index < -0.39 is 15.3 Å². The van der Waals surface area contributed by atoms with Crippen LogP contribution in [-0.2, 0) is 24.2 Å². The second-order valence-electron chi connectivity index (χ2n) is 17.7. The molecule has 6 nitrogen and oxygen atoms in total. The van der Waals surface area contributed by atoms with Crippen LogP contribution in [0.2, 0.25) is 0 Å². The Hall–Kier alpha value is -1.37. The maximum Gasteiger partial charge on any atom is 0.302 e. The second-order valence-corrected chi connectivity index (χ2v) is 20.0. The predicted octanol–water partition coefficient (Wildman–Crippen LogP) is 7.12. The number of amides is 1. The molecular weight excluding hydrogens is 558 g/mol. The first-order valence-electron chi connectivity index (χ1n) is 17.2. The van der Waals surface area contributed by atoms with Crippen LogP contribution in [0.4, 0.5) is 0 Å². The Morgan fingerprint density at radius 1 is 0.791 bits per heavy atom. The van der Waals surface area contributed by atoms with Crippen LogP contribution in [0.1, 0.15) is 126 Å². The molecule has 43 heavy (non-hydrogen) atoms. The van der Waals surface area contributed by atoms with Crippen molar-refractivity contribution in [3.8, 4) is 0 Å². The van der Waals surface area contributed by atoms with E-state index in [4.69, 9.17) is 4.74 Å². The van der Waals surface area contributed by atoms with E-state index in [9.17, 15) is 18.0 Å². The van der Waals surface area contributed by atoms with E-state index in [0.29, 0.717) is 24.9 Å². The standard InChI is InChI=1S/C36H57NO5S/c1-24(38)42-29-12-13-33(6)27(32(29,4)5)11-14-35(8)28(33)10-9-25-26-23-31(2,3)15-17-36(26,18-16-34(25,35)7)30(39)37-19-21-43(40,41)22-20-37/h27-29H,9-23H2,1-8H3/t27-,28+,29-,33-,34+,35+,36-/m0/s1. The number of sulfone groups is 1. The van der Waals surface area contributed by atoms with Gasteiger partial charge in [-0.05, 0) is 104 Å². The molecule has 0 aromatic carbocycles. The van der Waals surface area contributed by atoms with Crippen molar-refractivity contribution in [2.45, 2.75) is 132 Å². The summed E-state index contributed by atoms with van der Waals surface area (Å²) in [6.07, 6.45) is 11.4. The Labute approximate surface area is 261 Å². The summed E-state index contributed by atoms with van der Waals surface area (Å²) in [6.45, 7) is 19.4. The number of rotatable bonds is 2. The van der Waals surface area contributed by atoms with Gasteiger partial charge in [0.25, 0.3) is 0 Å². The molecule has 1 heterocycles. The van der Waals surface area contributed by atoms with Crippen molar-refractivity contribution in [3.63, 3.8) is 0 Å². The van der Waals surface area contributed by atoms with Crippen LogP contribution in [0.15, 0.2) is 11.1 Å².